The predicted molar refractivity (Wildman–Crippen MR) is 73.6 cm³/mol. The van der Waals surface area contributed by atoms with Crippen molar-refractivity contribution in [2.75, 3.05) is 7.11 Å². The number of esters is 1. The quantitative estimate of drug-likeness (QED) is 0.781. The van der Waals surface area contributed by atoms with E-state index >= 15 is 0 Å². The summed E-state index contributed by atoms with van der Waals surface area (Å²) >= 11 is 0. The highest BCUT2D eigenvalue weighted by molar-refractivity contribution is 5.76. The largest absolute Gasteiger partial charge is 0.460 e. The van der Waals surface area contributed by atoms with E-state index in [0.29, 0.717) is 0 Å². The Morgan fingerprint density at radius 3 is 2.42 bits per heavy atom. The highest BCUT2D eigenvalue weighted by atomic mass is 16.6. The molecule has 3 atom stereocenters. The van der Waals surface area contributed by atoms with E-state index in [-0.39, 0.29) is 23.9 Å². The summed E-state index contributed by atoms with van der Waals surface area (Å²) in [5, 5.41) is 0. The van der Waals surface area contributed by atoms with Crippen molar-refractivity contribution in [3.05, 3.63) is 35.9 Å². The topological polar surface area (TPSA) is 35.5 Å². The Labute approximate surface area is 114 Å². The maximum atomic E-state index is 12.0. The van der Waals surface area contributed by atoms with Crippen LogP contribution in [-0.2, 0) is 14.3 Å². The van der Waals surface area contributed by atoms with Crippen LogP contribution in [0.3, 0.4) is 0 Å². The van der Waals surface area contributed by atoms with Crippen LogP contribution in [0.25, 0.3) is 0 Å². The SMILES string of the molecule is COC(c1ccccc1)[C@@H]1C[C@H]1C(=O)OC(C)(C)C. The maximum absolute atomic E-state index is 12.0. The number of rotatable bonds is 4. The molecule has 1 aromatic rings. The van der Waals surface area contributed by atoms with Crippen LogP contribution in [0.4, 0.5) is 0 Å². The van der Waals surface area contributed by atoms with Crippen molar-refractivity contribution in [3.63, 3.8) is 0 Å². The molecule has 0 radical (unpaired) electrons. The molecule has 1 aliphatic rings. The molecule has 1 unspecified atom stereocenters. The second kappa shape index (κ2) is 5.33. The minimum Gasteiger partial charge on any atom is -0.460 e. The second-order valence-electron chi connectivity index (χ2n) is 6.11. The lowest BCUT2D eigenvalue weighted by Gasteiger charge is -2.20. The van der Waals surface area contributed by atoms with Crippen molar-refractivity contribution in [3.8, 4) is 0 Å². The summed E-state index contributed by atoms with van der Waals surface area (Å²) < 4.78 is 11.0. The summed E-state index contributed by atoms with van der Waals surface area (Å²) in [7, 11) is 1.70. The number of benzene rings is 1. The summed E-state index contributed by atoms with van der Waals surface area (Å²) in [4.78, 5) is 12.0. The van der Waals surface area contributed by atoms with Crippen LogP contribution >= 0.6 is 0 Å². The summed E-state index contributed by atoms with van der Waals surface area (Å²) in [6.07, 6.45) is 0.834. The smallest absolute Gasteiger partial charge is 0.309 e. The molecule has 0 spiro atoms. The average molecular weight is 262 g/mol. The fourth-order valence-electron chi connectivity index (χ4n) is 2.40. The molecule has 2 rings (SSSR count). The lowest BCUT2D eigenvalue weighted by Crippen LogP contribution is -2.25. The van der Waals surface area contributed by atoms with E-state index in [9.17, 15) is 4.79 Å². The third-order valence-corrected chi connectivity index (χ3v) is 3.32. The van der Waals surface area contributed by atoms with Crippen molar-refractivity contribution in [2.45, 2.75) is 38.9 Å². The number of carbonyl (C=O) groups excluding carboxylic acids is 1. The van der Waals surface area contributed by atoms with Gasteiger partial charge in [-0.25, -0.2) is 0 Å². The van der Waals surface area contributed by atoms with E-state index in [1.54, 1.807) is 7.11 Å². The zero-order valence-electron chi connectivity index (χ0n) is 12.1. The molecule has 3 nitrogen and oxygen atoms in total. The Balaban J connectivity index is 1.99. The number of hydrogen-bond acceptors (Lipinski definition) is 3. The zero-order chi connectivity index (χ0) is 14.0. The monoisotopic (exact) mass is 262 g/mol. The van der Waals surface area contributed by atoms with E-state index in [0.717, 1.165) is 12.0 Å². The van der Waals surface area contributed by atoms with Crippen LogP contribution in [0.1, 0.15) is 38.9 Å². The fourth-order valence-corrected chi connectivity index (χ4v) is 2.40. The summed E-state index contributed by atoms with van der Waals surface area (Å²) in [6.45, 7) is 5.69. The standard InChI is InChI=1S/C16H22O3/c1-16(2,3)19-15(17)13-10-12(13)14(18-4)11-8-6-5-7-9-11/h5-9,12-14H,10H2,1-4H3/t12-,13-,14?/m1/s1. The molecule has 0 amide bonds. The molecule has 0 aromatic heterocycles. The van der Waals surface area contributed by atoms with Crippen molar-refractivity contribution < 1.29 is 14.3 Å². The molecule has 1 aliphatic carbocycles. The van der Waals surface area contributed by atoms with Gasteiger partial charge < -0.3 is 9.47 Å². The van der Waals surface area contributed by atoms with Crippen LogP contribution in [0.15, 0.2) is 30.3 Å². The molecule has 0 aliphatic heterocycles. The molecule has 1 aromatic carbocycles. The molecule has 1 fully saturated rings. The van der Waals surface area contributed by atoms with Gasteiger partial charge in [-0.3, -0.25) is 4.79 Å². The minimum absolute atomic E-state index is 0.0151. The Morgan fingerprint density at radius 2 is 1.89 bits per heavy atom. The number of methoxy groups -OCH3 is 1. The molecule has 0 heterocycles. The molecule has 0 bridgehead atoms. The van der Waals surface area contributed by atoms with Gasteiger partial charge in [-0.05, 0) is 32.8 Å². The molecule has 3 heteroatoms. The first-order chi connectivity index (χ1) is 8.92. The summed E-state index contributed by atoms with van der Waals surface area (Å²) in [6, 6.07) is 10.0. The van der Waals surface area contributed by atoms with E-state index in [1.165, 1.54) is 0 Å². The predicted octanol–water partition coefficient (Wildman–Crippen LogP) is 3.35. The van der Waals surface area contributed by atoms with E-state index in [1.807, 2.05) is 51.1 Å². The van der Waals surface area contributed by atoms with Gasteiger partial charge >= 0.3 is 5.97 Å². The van der Waals surface area contributed by atoms with Gasteiger partial charge in [-0.1, -0.05) is 30.3 Å². The lowest BCUT2D eigenvalue weighted by atomic mass is 10.0. The normalized spacial score (nSPS) is 23.8. The Kier molecular flexibility index (Phi) is 3.95. The number of ether oxygens (including phenoxy) is 2. The lowest BCUT2D eigenvalue weighted by molar-refractivity contribution is -0.157. The third kappa shape index (κ3) is 3.57. The Bertz CT molecular complexity index is 433. The van der Waals surface area contributed by atoms with Crippen molar-refractivity contribution in [1.82, 2.24) is 0 Å². The van der Waals surface area contributed by atoms with Crippen molar-refractivity contribution >= 4 is 5.97 Å². The Hall–Kier alpha value is -1.35. The van der Waals surface area contributed by atoms with Gasteiger partial charge in [-0.2, -0.15) is 0 Å². The first-order valence-electron chi connectivity index (χ1n) is 6.73. The van der Waals surface area contributed by atoms with Gasteiger partial charge in [0, 0.05) is 13.0 Å². The van der Waals surface area contributed by atoms with Gasteiger partial charge in [0.1, 0.15) is 5.60 Å². The van der Waals surface area contributed by atoms with Crippen LogP contribution in [0.2, 0.25) is 0 Å². The third-order valence-electron chi connectivity index (χ3n) is 3.32. The van der Waals surface area contributed by atoms with Crippen LogP contribution in [0.5, 0.6) is 0 Å². The maximum Gasteiger partial charge on any atom is 0.309 e. The molecular weight excluding hydrogens is 240 g/mol. The molecular formula is C16H22O3. The summed E-state index contributed by atoms with van der Waals surface area (Å²) in [5.74, 6) is 0.113. The fraction of sp³-hybridized carbons (Fsp3) is 0.562. The molecule has 0 saturated heterocycles. The molecule has 104 valence electrons. The van der Waals surface area contributed by atoms with Gasteiger partial charge in [-0.15, -0.1) is 0 Å². The van der Waals surface area contributed by atoms with Crippen molar-refractivity contribution in [2.24, 2.45) is 11.8 Å². The van der Waals surface area contributed by atoms with Crippen LogP contribution in [-0.4, -0.2) is 18.7 Å². The average Bonchev–Trinajstić information content (AvgIpc) is 3.09. The van der Waals surface area contributed by atoms with Gasteiger partial charge in [0.2, 0.25) is 0 Å². The Morgan fingerprint density at radius 1 is 1.26 bits per heavy atom. The van der Waals surface area contributed by atoms with Crippen LogP contribution in [0, 0.1) is 11.8 Å². The zero-order valence-corrected chi connectivity index (χ0v) is 12.1. The highest BCUT2D eigenvalue weighted by Crippen LogP contribution is 2.49. The van der Waals surface area contributed by atoms with E-state index in [4.69, 9.17) is 9.47 Å². The van der Waals surface area contributed by atoms with Crippen molar-refractivity contribution in [1.29, 1.82) is 0 Å². The second-order valence-corrected chi connectivity index (χ2v) is 6.11. The van der Waals surface area contributed by atoms with Gasteiger partial charge in [0.15, 0.2) is 0 Å². The van der Waals surface area contributed by atoms with Crippen LogP contribution < -0.4 is 0 Å². The first-order valence-corrected chi connectivity index (χ1v) is 6.73. The minimum atomic E-state index is -0.417. The highest BCUT2D eigenvalue weighted by Gasteiger charge is 2.50. The first kappa shape index (κ1) is 14.1. The molecule has 1 saturated carbocycles. The number of hydrogen-bond donors (Lipinski definition) is 0. The number of carbonyl (C=O) groups is 1. The van der Waals surface area contributed by atoms with Gasteiger partial charge in [0.05, 0.1) is 12.0 Å². The van der Waals surface area contributed by atoms with Gasteiger partial charge in [0.25, 0.3) is 0 Å². The molecule has 0 N–H and O–H groups in total. The van der Waals surface area contributed by atoms with E-state index < -0.39 is 5.60 Å². The molecule has 19 heavy (non-hydrogen) atoms. The summed E-state index contributed by atoms with van der Waals surface area (Å²) in [5.41, 5.74) is 0.709. The van der Waals surface area contributed by atoms with E-state index in [2.05, 4.69) is 0 Å².